The Morgan fingerprint density at radius 1 is 1.00 bits per heavy atom. The van der Waals surface area contributed by atoms with Gasteiger partial charge < -0.3 is 15.5 Å². The van der Waals surface area contributed by atoms with E-state index in [1.54, 1.807) is 29.2 Å². The number of benzene rings is 2. The molecule has 0 bridgehead atoms. The van der Waals surface area contributed by atoms with Gasteiger partial charge in [-0.1, -0.05) is 30.3 Å². The van der Waals surface area contributed by atoms with Crippen molar-refractivity contribution >= 4 is 23.2 Å². The number of halogens is 2. The lowest BCUT2D eigenvalue weighted by Crippen LogP contribution is -2.27. The highest BCUT2D eigenvalue weighted by Gasteiger charge is 2.10. The standard InChI is InChI=1S/C21H25F2N3O2/c1-14-4-10-17(12-18(14)25-20(28)13-26(2)3)24-19(27)11-7-15-5-8-16(9-6-15)21(22)23/h4-6,8-10,12,21H,7,11,13H2,1-3H3,(H,24,27)(H,25,28). The number of alkyl halides is 2. The molecular weight excluding hydrogens is 364 g/mol. The molecule has 5 nitrogen and oxygen atoms in total. The van der Waals surface area contributed by atoms with Gasteiger partial charge in [-0.2, -0.15) is 0 Å². The van der Waals surface area contributed by atoms with E-state index < -0.39 is 6.43 Å². The molecule has 0 saturated carbocycles. The van der Waals surface area contributed by atoms with Gasteiger partial charge in [-0.25, -0.2) is 8.78 Å². The average molecular weight is 389 g/mol. The normalized spacial score (nSPS) is 11.0. The minimum Gasteiger partial charge on any atom is -0.326 e. The van der Waals surface area contributed by atoms with Crippen molar-refractivity contribution in [2.45, 2.75) is 26.2 Å². The summed E-state index contributed by atoms with van der Waals surface area (Å²) in [5.74, 6) is -0.323. The Bertz CT molecular complexity index is 821. The third kappa shape index (κ3) is 6.74. The monoisotopic (exact) mass is 389 g/mol. The van der Waals surface area contributed by atoms with Crippen molar-refractivity contribution in [2.24, 2.45) is 0 Å². The Hall–Kier alpha value is -2.80. The molecule has 0 spiro atoms. The number of nitrogens with one attached hydrogen (secondary N) is 2. The van der Waals surface area contributed by atoms with Crippen LogP contribution in [0.15, 0.2) is 42.5 Å². The van der Waals surface area contributed by atoms with Gasteiger partial charge in [-0.15, -0.1) is 0 Å². The van der Waals surface area contributed by atoms with Crippen LogP contribution in [-0.4, -0.2) is 37.4 Å². The van der Waals surface area contributed by atoms with Crippen LogP contribution in [0.5, 0.6) is 0 Å². The van der Waals surface area contributed by atoms with Crippen LogP contribution in [0.2, 0.25) is 0 Å². The molecule has 150 valence electrons. The number of carbonyl (C=O) groups excluding carboxylic acids is 2. The van der Waals surface area contributed by atoms with Crippen molar-refractivity contribution < 1.29 is 18.4 Å². The topological polar surface area (TPSA) is 61.4 Å². The second-order valence-electron chi connectivity index (χ2n) is 6.91. The van der Waals surface area contributed by atoms with Crippen molar-refractivity contribution in [3.05, 3.63) is 59.2 Å². The van der Waals surface area contributed by atoms with E-state index >= 15 is 0 Å². The van der Waals surface area contributed by atoms with Gasteiger partial charge in [-0.3, -0.25) is 9.59 Å². The van der Waals surface area contributed by atoms with Crippen LogP contribution >= 0.6 is 0 Å². The molecule has 0 aromatic heterocycles. The molecule has 0 aliphatic heterocycles. The minimum atomic E-state index is -2.49. The zero-order valence-corrected chi connectivity index (χ0v) is 16.3. The van der Waals surface area contributed by atoms with E-state index in [0.29, 0.717) is 17.8 Å². The van der Waals surface area contributed by atoms with E-state index in [4.69, 9.17) is 0 Å². The van der Waals surface area contributed by atoms with Crippen molar-refractivity contribution in [3.8, 4) is 0 Å². The summed E-state index contributed by atoms with van der Waals surface area (Å²) in [5.41, 5.74) is 2.91. The van der Waals surface area contributed by atoms with Crippen LogP contribution in [0.3, 0.4) is 0 Å². The summed E-state index contributed by atoms with van der Waals surface area (Å²) in [4.78, 5) is 25.9. The maximum Gasteiger partial charge on any atom is 0.263 e. The molecule has 0 aliphatic rings. The van der Waals surface area contributed by atoms with Gasteiger partial charge in [0, 0.05) is 23.4 Å². The third-order valence-electron chi connectivity index (χ3n) is 4.13. The summed E-state index contributed by atoms with van der Waals surface area (Å²) in [6, 6.07) is 11.3. The first-order valence-corrected chi connectivity index (χ1v) is 8.96. The van der Waals surface area contributed by atoms with Gasteiger partial charge in [0.25, 0.3) is 6.43 Å². The van der Waals surface area contributed by atoms with Gasteiger partial charge in [0.15, 0.2) is 0 Å². The van der Waals surface area contributed by atoms with E-state index in [-0.39, 0.29) is 30.3 Å². The zero-order chi connectivity index (χ0) is 20.7. The van der Waals surface area contributed by atoms with Crippen LogP contribution in [0.25, 0.3) is 0 Å². The number of amides is 2. The summed E-state index contributed by atoms with van der Waals surface area (Å²) >= 11 is 0. The van der Waals surface area contributed by atoms with Crippen molar-refractivity contribution in [1.29, 1.82) is 0 Å². The van der Waals surface area contributed by atoms with E-state index in [1.807, 2.05) is 27.1 Å². The Labute approximate surface area is 163 Å². The molecule has 7 heteroatoms. The number of carbonyl (C=O) groups is 2. The van der Waals surface area contributed by atoms with E-state index in [9.17, 15) is 18.4 Å². The first-order chi connectivity index (χ1) is 13.2. The number of hydrogen-bond donors (Lipinski definition) is 2. The van der Waals surface area contributed by atoms with Crippen LogP contribution in [-0.2, 0) is 16.0 Å². The van der Waals surface area contributed by atoms with E-state index in [1.165, 1.54) is 12.1 Å². The summed E-state index contributed by atoms with van der Waals surface area (Å²) in [7, 11) is 3.62. The molecule has 2 amide bonds. The third-order valence-corrected chi connectivity index (χ3v) is 4.13. The maximum absolute atomic E-state index is 12.6. The fourth-order valence-electron chi connectivity index (χ4n) is 2.62. The van der Waals surface area contributed by atoms with Crippen molar-refractivity contribution in [2.75, 3.05) is 31.3 Å². The summed E-state index contributed by atoms with van der Waals surface area (Å²) < 4.78 is 25.1. The highest BCUT2D eigenvalue weighted by atomic mass is 19.3. The molecule has 0 aliphatic carbocycles. The average Bonchev–Trinajstić information content (AvgIpc) is 2.62. The van der Waals surface area contributed by atoms with Crippen LogP contribution in [0, 0.1) is 6.92 Å². The summed E-state index contributed by atoms with van der Waals surface area (Å²) in [6.07, 6.45) is -1.82. The lowest BCUT2D eigenvalue weighted by atomic mass is 10.1. The molecular formula is C21H25F2N3O2. The van der Waals surface area contributed by atoms with E-state index in [0.717, 1.165) is 11.1 Å². The van der Waals surface area contributed by atoms with Crippen LogP contribution in [0.1, 0.15) is 29.5 Å². The highest BCUT2D eigenvalue weighted by molar-refractivity contribution is 5.95. The molecule has 2 aromatic carbocycles. The number of anilines is 2. The Kier molecular flexibility index (Phi) is 7.63. The van der Waals surface area contributed by atoms with Crippen molar-refractivity contribution in [1.82, 2.24) is 4.90 Å². The Morgan fingerprint density at radius 3 is 2.29 bits per heavy atom. The Morgan fingerprint density at radius 2 is 1.68 bits per heavy atom. The van der Waals surface area contributed by atoms with Crippen molar-refractivity contribution in [3.63, 3.8) is 0 Å². The molecule has 0 atom stereocenters. The Balaban J connectivity index is 1.92. The summed E-state index contributed by atoms with van der Waals surface area (Å²) in [6.45, 7) is 2.14. The van der Waals surface area contributed by atoms with Gasteiger partial charge in [0.05, 0.1) is 6.54 Å². The molecule has 0 unspecified atom stereocenters. The predicted octanol–water partition coefficient (Wildman–Crippen LogP) is 4.00. The quantitative estimate of drug-likeness (QED) is 0.717. The molecule has 0 heterocycles. The molecule has 2 rings (SSSR count). The van der Waals surface area contributed by atoms with Crippen LogP contribution < -0.4 is 10.6 Å². The largest absolute Gasteiger partial charge is 0.326 e. The minimum absolute atomic E-state index is 0.0308. The fourth-order valence-corrected chi connectivity index (χ4v) is 2.62. The molecule has 2 N–H and O–H groups in total. The van der Waals surface area contributed by atoms with Gasteiger partial charge in [0.2, 0.25) is 11.8 Å². The van der Waals surface area contributed by atoms with Gasteiger partial charge in [0.1, 0.15) is 0 Å². The molecule has 0 fully saturated rings. The molecule has 0 radical (unpaired) electrons. The number of aryl methyl sites for hydroxylation is 2. The maximum atomic E-state index is 12.6. The van der Waals surface area contributed by atoms with Crippen LogP contribution in [0.4, 0.5) is 20.2 Å². The predicted molar refractivity (Wildman–Crippen MR) is 107 cm³/mol. The number of hydrogen-bond acceptors (Lipinski definition) is 3. The lowest BCUT2D eigenvalue weighted by Gasteiger charge is -2.13. The summed E-state index contributed by atoms with van der Waals surface area (Å²) in [5, 5.41) is 5.64. The zero-order valence-electron chi connectivity index (χ0n) is 16.3. The second kappa shape index (κ2) is 9.94. The molecule has 2 aromatic rings. The number of likely N-dealkylation sites (N-methyl/N-ethyl adjacent to an activating group) is 1. The SMILES string of the molecule is Cc1ccc(NC(=O)CCc2ccc(C(F)F)cc2)cc1NC(=O)CN(C)C. The lowest BCUT2D eigenvalue weighted by molar-refractivity contribution is -0.117. The number of rotatable bonds is 8. The highest BCUT2D eigenvalue weighted by Crippen LogP contribution is 2.21. The smallest absolute Gasteiger partial charge is 0.263 e. The second-order valence-corrected chi connectivity index (χ2v) is 6.91. The van der Waals surface area contributed by atoms with Gasteiger partial charge in [-0.05, 0) is 50.7 Å². The van der Waals surface area contributed by atoms with Gasteiger partial charge >= 0.3 is 0 Å². The fraction of sp³-hybridized carbons (Fsp3) is 0.333. The number of nitrogens with zero attached hydrogens (tertiary/aromatic N) is 1. The van der Waals surface area contributed by atoms with E-state index in [2.05, 4.69) is 10.6 Å². The first kappa shape index (κ1) is 21.5. The first-order valence-electron chi connectivity index (χ1n) is 8.96. The molecule has 28 heavy (non-hydrogen) atoms. The molecule has 0 saturated heterocycles.